The first-order chi connectivity index (χ1) is 11.6. The second kappa shape index (κ2) is 7.17. The number of hydrogen-bond acceptors (Lipinski definition) is 5. The van der Waals surface area contributed by atoms with Gasteiger partial charge in [0.1, 0.15) is 0 Å². The number of aromatic nitrogens is 2. The molecule has 3 rings (SSSR count). The number of aryl methyl sites for hydroxylation is 3. The van der Waals surface area contributed by atoms with Crippen LogP contribution >= 0.6 is 0 Å². The van der Waals surface area contributed by atoms with Gasteiger partial charge >= 0.3 is 6.01 Å². The Balaban J connectivity index is 1.54. The maximum Gasteiger partial charge on any atom is 0.320 e. The molecule has 1 heterocycles. The van der Waals surface area contributed by atoms with E-state index in [1.807, 2.05) is 0 Å². The van der Waals surface area contributed by atoms with Gasteiger partial charge in [0.15, 0.2) is 0 Å². The van der Waals surface area contributed by atoms with Crippen molar-refractivity contribution in [2.75, 3.05) is 17.2 Å². The number of anilines is 3. The molecular formula is C19H22N4O. The molecule has 124 valence electrons. The fourth-order valence-corrected chi connectivity index (χ4v) is 2.56. The van der Waals surface area contributed by atoms with E-state index in [1.54, 1.807) is 0 Å². The van der Waals surface area contributed by atoms with Gasteiger partial charge in [-0.1, -0.05) is 28.9 Å². The average Bonchev–Trinajstić information content (AvgIpc) is 2.95. The first-order valence-electron chi connectivity index (χ1n) is 8.07. The van der Waals surface area contributed by atoms with Crippen LogP contribution in [0.3, 0.4) is 0 Å². The van der Waals surface area contributed by atoms with Gasteiger partial charge in [0.2, 0.25) is 5.89 Å². The minimum atomic E-state index is 0.422. The van der Waals surface area contributed by atoms with Gasteiger partial charge in [-0.15, -0.1) is 5.10 Å². The Morgan fingerprint density at radius 2 is 1.54 bits per heavy atom. The van der Waals surface area contributed by atoms with Gasteiger partial charge in [0.05, 0.1) is 0 Å². The molecule has 0 saturated heterocycles. The van der Waals surface area contributed by atoms with Gasteiger partial charge in [0.25, 0.3) is 0 Å². The highest BCUT2D eigenvalue weighted by molar-refractivity contribution is 5.54. The Kier molecular flexibility index (Phi) is 4.79. The van der Waals surface area contributed by atoms with Crippen LogP contribution < -0.4 is 10.6 Å². The summed E-state index contributed by atoms with van der Waals surface area (Å²) in [6.07, 6.45) is 0.676. The van der Waals surface area contributed by atoms with Gasteiger partial charge in [-0.3, -0.25) is 0 Å². The van der Waals surface area contributed by atoms with Crippen LogP contribution in [0.2, 0.25) is 0 Å². The Morgan fingerprint density at radius 1 is 0.833 bits per heavy atom. The molecule has 1 aromatic heterocycles. The van der Waals surface area contributed by atoms with Crippen molar-refractivity contribution in [3.05, 3.63) is 65.0 Å². The molecule has 0 fully saturated rings. The fourth-order valence-electron chi connectivity index (χ4n) is 2.56. The highest BCUT2D eigenvalue weighted by Gasteiger charge is 2.06. The van der Waals surface area contributed by atoms with Gasteiger partial charge in [-0.25, -0.2) is 0 Å². The van der Waals surface area contributed by atoms with E-state index in [1.165, 1.54) is 16.7 Å². The summed E-state index contributed by atoms with van der Waals surface area (Å²) in [5.74, 6) is 0.612. The molecule has 0 unspecified atom stereocenters. The molecule has 0 saturated carbocycles. The molecule has 3 aromatic rings. The first-order valence-corrected chi connectivity index (χ1v) is 8.07. The average molecular weight is 322 g/mol. The second-order valence-corrected chi connectivity index (χ2v) is 6.05. The first kappa shape index (κ1) is 16.1. The minimum Gasteiger partial charge on any atom is -0.408 e. The van der Waals surface area contributed by atoms with Crippen LogP contribution in [-0.4, -0.2) is 16.7 Å². The van der Waals surface area contributed by atoms with Gasteiger partial charge in [0, 0.05) is 24.3 Å². The summed E-state index contributed by atoms with van der Waals surface area (Å²) in [6, 6.07) is 15.0. The Bertz CT molecular complexity index is 788. The number of nitrogens with zero attached hydrogens (tertiary/aromatic N) is 2. The summed E-state index contributed by atoms with van der Waals surface area (Å²) >= 11 is 0. The SMILES string of the molecule is Cc1ccc(NCCc2nnc(Nc3cc(C)cc(C)c3)o2)cc1. The zero-order valence-electron chi connectivity index (χ0n) is 14.3. The fraction of sp³-hybridized carbons (Fsp3) is 0.263. The van der Waals surface area contributed by atoms with Crippen LogP contribution in [0.15, 0.2) is 46.9 Å². The number of benzene rings is 2. The lowest BCUT2D eigenvalue weighted by Crippen LogP contribution is -2.04. The van der Waals surface area contributed by atoms with Gasteiger partial charge in [-0.05, 0) is 56.2 Å². The number of nitrogens with one attached hydrogen (secondary N) is 2. The van der Waals surface area contributed by atoms with Crippen molar-refractivity contribution in [1.29, 1.82) is 0 Å². The predicted octanol–water partition coefficient (Wildman–Crippen LogP) is 4.39. The Morgan fingerprint density at radius 3 is 2.25 bits per heavy atom. The van der Waals surface area contributed by atoms with Crippen molar-refractivity contribution in [3.8, 4) is 0 Å². The summed E-state index contributed by atoms with van der Waals surface area (Å²) in [6.45, 7) is 6.95. The van der Waals surface area contributed by atoms with Crippen molar-refractivity contribution in [2.24, 2.45) is 0 Å². The molecule has 0 aliphatic heterocycles. The molecule has 5 nitrogen and oxygen atoms in total. The molecule has 2 aromatic carbocycles. The Labute approximate surface area is 142 Å². The third-order valence-corrected chi connectivity index (χ3v) is 3.66. The van der Waals surface area contributed by atoms with E-state index in [2.05, 4.69) is 84.1 Å². The summed E-state index contributed by atoms with van der Waals surface area (Å²) in [5.41, 5.74) is 5.69. The molecule has 0 radical (unpaired) electrons. The number of rotatable bonds is 6. The molecule has 2 N–H and O–H groups in total. The van der Waals surface area contributed by atoms with E-state index in [0.29, 0.717) is 18.3 Å². The van der Waals surface area contributed by atoms with Crippen LogP contribution in [0, 0.1) is 20.8 Å². The molecule has 0 atom stereocenters. The molecular weight excluding hydrogens is 300 g/mol. The van der Waals surface area contributed by atoms with Crippen LogP contribution in [0.25, 0.3) is 0 Å². The summed E-state index contributed by atoms with van der Waals surface area (Å²) in [7, 11) is 0. The molecule has 0 spiro atoms. The van der Waals surface area contributed by atoms with Crippen LogP contribution in [0.5, 0.6) is 0 Å². The highest BCUT2D eigenvalue weighted by Crippen LogP contribution is 2.19. The summed E-state index contributed by atoms with van der Waals surface area (Å²) in [4.78, 5) is 0. The maximum atomic E-state index is 5.65. The molecule has 0 amide bonds. The monoisotopic (exact) mass is 322 g/mol. The minimum absolute atomic E-state index is 0.422. The second-order valence-electron chi connectivity index (χ2n) is 6.05. The van der Waals surface area contributed by atoms with Crippen molar-refractivity contribution in [1.82, 2.24) is 10.2 Å². The Hall–Kier alpha value is -2.82. The summed E-state index contributed by atoms with van der Waals surface area (Å²) in [5, 5.41) is 14.6. The lowest BCUT2D eigenvalue weighted by atomic mass is 10.1. The van der Waals surface area contributed by atoms with Crippen molar-refractivity contribution >= 4 is 17.4 Å². The van der Waals surface area contributed by atoms with Crippen molar-refractivity contribution in [2.45, 2.75) is 27.2 Å². The van der Waals surface area contributed by atoms with E-state index in [9.17, 15) is 0 Å². The quantitative estimate of drug-likeness (QED) is 0.704. The predicted molar refractivity (Wildman–Crippen MR) is 96.9 cm³/mol. The lowest BCUT2D eigenvalue weighted by molar-refractivity contribution is 0.512. The zero-order chi connectivity index (χ0) is 16.9. The van der Waals surface area contributed by atoms with Gasteiger partial charge < -0.3 is 15.1 Å². The molecule has 0 bridgehead atoms. The van der Waals surface area contributed by atoms with Gasteiger partial charge in [-0.2, -0.15) is 0 Å². The van der Waals surface area contributed by atoms with Crippen LogP contribution in [0.1, 0.15) is 22.6 Å². The smallest absolute Gasteiger partial charge is 0.320 e. The lowest BCUT2D eigenvalue weighted by Gasteiger charge is -2.05. The number of hydrogen-bond donors (Lipinski definition) is 2. The molecule has 24 heavy (non-hydrogen) atoms. The largest absolute Gasteiger partial charge is 0.408 e. The van der Waals surface area contributed by atoms with Crippen molar-refractivity contribution in [3.63, 3.8) is 0 Å². The molecule has 0 aliphatic rings. The third-order valence-electron chi connectivity index (χ3n) is 3.66. The molecule has 0 aliphatic carbocycles. The summed E-state index contributed by atoms with van der Waals surface area (Å²) < 4.78 is 5.65. The molecule has 5 heteroatoms. The van der Waals surface area contributed by atoms with E-state index >= 15 is 0 Å². The van der Waals surface area contributed by atoms with E-state index in [-0.39, 0.29) is 0 Å². The highest BCUT2D eigenvalue weighted by atomic mass is 16.4. The normalized spacial score (nSPS) is 10.6. The van der Waals surface area contributed by atoms with Crippen molar-refractivity contribution < 1.29 is 4.42 Å². The van der Waals surface area contributed by atoms with Crippen LogP contribution in [0.4, 0.5) is 17.4 Å². The third kappa shape index (κ3) is 4.35. The standard InChI is InChI=1S/C19H22N4O/c1-13-4-6-16(7-5-13)20-9-8-18-22-23-19(24-18)21-17-11-14(2)10-15(3)12-17/h4-7,10-12,20H,8-9H2,1-3H3,(H,21,23). The van der Waals surface area contributed by atoms with E-state index in [4.69, 9.17) is 4.42 Å². The van der Waals surface area contributed by atoms with E-state index in [0.717, 1.165) is 17.9 Å². The van der Waals surface area contributed by atoms with E-state index < -0.39 is 0 Å². The maximum absolute atomic E-state index is 5.65. The zero-order valence-corrected chi connectivity index (χ0v) is 14.3. The van der Waals surface area contributed by atoms with Crippen LogP contribution in [-0.2, 0) is 6.42 Å². The topological polar surface area (TPSA) is 63.0 Å².